The average molecular weight is 279 g/mol. The second kappa shape index (κ2) is 6.45. The van der Waals surface area contributed by atoms with E-state index in [9.17, 15) is 14.0 Å². The van der Waals surface area contributed by atoms with Crippen LogP contribution in [-0.2, 0) is 4.79 Å². The smallest absolute Gasteiger partial charge is 0.272 e. The van der Waals surface area contributed by atoms with Gasteiger partial charge in [0.2, 0.25) is 11.9 Å². The molecular weight excluding hydrogens is 261 g/mol. The summed E-state index contributed by atoms with van der Waals surface area (Å²) in [7, 11) is 0. The van der Waals surface area contributed by atoms with Gasteiger partial charge in [-0.3, -0.25) is 9.59 Å². The molecular formula is C14H18FN3O2. The van der Waals surface area contributed by atoms with Crippen molar-refractivity contribution in [2.45, 2.75) is 32.2 Å². The molecule has 0 aromatic carbocycles. The van der Waals surface area contributed by atoms with Gasteiger partial charge < -0.3 is 10.2 Å². The van der Waals surface area contributed by atoms with E-state index in [1.54, 1.807) is 4.90 Å². The molecule has 0 aliphatic carbocycles. The third-order valence-electron chi connectivity index (χ3n) is 3.40. The van der Waals surface area contributed by atoms with Crippen LogP contribution in [0.5, 0.6) is 0 Å². The minimum atomic E-state index is -0.652. The van der Waals surface area contributed by atoms with Crippen molar-refractivity contribution in [2.24, 2.45) is 0 Å². The van der Waals surface area contributed by atoms with E-state index in [-0.39, 0.29) is 23.6 Å². The molecule has 2 amide bonds. The Morgan fingerprint density at radius 2 is 2.10 bits per heavy atom. The highest BCUT2D eigenvalue weighted by molar-refractivity contribution is 5.92. The van der Waals surface area contributed by atoms with E-state index >= 15 is 0 Å². The summed E-state index contributed by atoms with van der Waals surface area (Å²) in [6, 6.07) is 4.32. The zero-order valence-corrected chi connectivity index (χ0v) is 11.4. The van der Waals surface area contributed by atoms with Crippen molar-refractivity contribution in [1.29, 1.82) is 0 Å². The Bertz CT molecular complexity index is 499. The van der Waals surface area contributed by atoms with Crippen LogP contribution in [0.15, 0.2) is 18.2 Å². The van der Waals surface area contributed by atoms with Crippen molar-refractivity contribution in [3.63, 3.8) is 0 Å². The summed E-state index contributed by atoms with van der Waals surface area (Å²) in [5.41, 5.74) is 0.126. The van der Waals surface area contributed by atoms with Gasteiger partial charge in [0.25, 0.3) is 5.91 Å². The Morgan fingerprint density at radius 3 is 2.70 bits per heavy atom. The first-order valence-electron chi connectivity index (χ1n) is 6.81. The molecule has 0 unspecified atom stereocenters. The molecule has 1 aromatic heterocycles. The van der Waals surface area contributed by atoms with Crippen molar-refractivity contribution in [3.8, 4) is 0 Å². The average Bonchev–Trinajstić information content (AvgIpc) is 2.47. The van der Waals surface area contributed by atoms with Gasteiger partial charge >= 0.3 is 0 Å². The quantitative estimate of drug-likeness (QED) is 0.850. The minimum Gasteiger partial charge on any atom is -0.353 e. The first kappa shape index (κ1) is 14.4. The highest BCUT2D eigenvalue weighted by atomic mass is 19.1. The summed E-state index contributed by atoms with van der Waals surface area (Å²) in [5.74, 6) is -0.882. The molecule has 6 heteroatoms. The van der Waals surface area contributed by atoms with Gasteiger partial charge in [0, 0.05) is 25.6 Å². The molecule has 0 bridgehead atoms. The number of halogens is 1. The molecule has 0 spiro atoms. The lowest BCUT2D eigenvalue weighted by atomic mass is 10.0. The third kappa shape index (κ3) is 3.53. The topological polar surface area (TPSA) is 62.3 Å². The van der Waals surface area contributed by atoms with Crippen LogP contribution < -0.4 is 5.32 Å². The summed E-state index contributed by atoms with van der Waals surface area (Å²) >= 11 is 0. The highest BCUT2D eigenvalue weighted by Gasteiger charge is 2.25. The standard InChI is InChI=1S/C14H18FN3O2/c1-2-13(19)16-10-6-8-18(9-7-10)14(20)11-4-3-5-12(15)17-11/h3-5,10H,2,6-9H2,1H3,(H,16,19). The number of nitrogens with one attached hydrogen (secondary N) is 1. The number of amides is 2. The molecule has 20 heavy (non-hydrogen) atoms. The molecule has 1 aliphatic rings. The monoisotopic (exact) mass is 279 g/mol. The van der Waals surface area contributed by atoms with E-state index < -0.39 is 5.95 Å². The van der Waals surface area contributed by atoms with Crippen LogP contribution >= 0.6 is 0 Å². The van der Waals surface area contributed by atoms with Gasteiger partial charge in [0.05, 0.1) is 0 Å². The fraction of sp³-hybridized carbons (Fsp3) is 0.500. The number of pyridine rings is 1. The summed E-state index contributed by atoms with van der Waals surface area (Å²) in [4.78, 5) is 28.7. The maximum Gasteiger partial charge on any atom is 0.272 e. The van der Waals surface area contributed by atoms with Crippen molar-refractivity contribution in [3.05, 3.63) is 29.8 Å². The predicted octanol–water partition coefficient (Wildman–Crippen LogP) is 1.35. The lowest BCUT2D eigenvalue weighted by Gasteiger charge is -2.32. The van der Waals surface area contributed by atoms with Crippen LogP contribution in [0.4, 0.5) is 4.39 Å². The molecule has 1 N–H and O–H groups in total. The predicted molar refractivity (Wildman–Crippen MR) is 71.6 cm³/mol. The van der Waals surface area contributed by atoms with E-state index in [1.807, 2.05) is 6.92 Å². The van der Waals surface area contributed by atoms with Crippen molar-refractivity contribution in [1.82, 2.24) is 15.2 Å². The minimum absolute atomic E-state index is 0.0292. The maximum atomic E-state index is 13.0. The summed E-state index contributed by atoms with van der Waals surface area (Å²) < 4.78 is 13.0. The molecule has 0 saturated carbocycles. The molecule has 1 fully saturated rings. The molecule has 0 radical (unpaired) electrons. The molecule has 0 atom stereocenters. The van der Waals surface area contributed by atoms with Crippen LogP contribution in [0.25, 0.3) is 0 Å². The number of hydrogen-bond donors (Lipinski definition) is 1. The zero-order chi connectivity index (χ0) is 14.5. The highest BCUT2D eigenvalue weighted by Crippen LogP contribution is 2.13. The van der Waals surface area contributed by atoms with Gasteiger partial charge in [-0.15, -0.1) is 0 Å². The number of carbonyl (C=O) groups is 2. The number of carbonyl (C=O) groups excluding carboxylic acids is 2. The summed E-state index contributed by atoms with van der Waals surface area (Å²) in [5, 5.41) is 2.92. The third-order valence-corrected chi connectivity index (χ3v) is 3.40. The molecule has 5 nitrogen and oxygen atoms in total. The number of nitrogens with zero attached hydrogens (tertiary/aromatic N) is 2. The molecule has 1 saturated heterocycles. The number of piperidine rings is 1. The summed E-state index contributed by atoms with van der Waals surface area (Å²) in [6.45, 7) is 2.90. The number of aromatic nitrogens is 1. The molecule has 1 aromatic rings. The molecule has 2 rings (SSSR count). The van der Waals surface area contributed by atoms with E-state index in [2.05, 4.69) is 10.3 Å². The van der Waals surface area contributed by atoms with Crippen LogP contribution in [0.2, 0.25) is 0 Å². The Labute approximate surface area is 117 Å². The maximum absolute atomic E-state index is 13.0. The Balaban J connectivity index is 1.90. The van der Waals surface area contributed by atoms with Crippen molar-refractivity contribution < 1.29 is 14.0 Å². The molecule has 1 aliphatic heterocycles. The van der Waals surface area contributed by atoms with E-state index in [4.69, 9.17) is 0 Å². The van der Waals surface area contributed by atoms with Gasteiger partial charge in [-0.25, -0.2) is 4.98 Å². The van der Waals surface area contributed by atoms with Crippen molar-refractivity contribution in [2.75, 3.05) is 13.1 Å². The van der Waals surface area contributed by atoms with Crippen LogP contribution in [0.1, 0.15) is 36.7 Å². The van der Waals surface area contributed by atoms with E-state index in [0.29, 0.717) is 32.4 Å². The van der Waals surface area contributed by atoms with Crippen LogP contribution in [0, 0.1) is 5.95 Å². The first-order valence-corrected chi connectivity index (χ1v) is 6.81. The van der Waals surface area contributed by atoms with Gasteiger partial charge in [-0.05, 0) is 25.0 Å². The fourth-order valence-electron chi connectivity index (χ4n) is 2.25. The largest absolute Gasteiger partial charge is 0.353 e. The van der Waals surface area contributed by atoms with Crippen molar-refractivity contribution >= 4 is 11.8 Å². The number of hydrogen-bond acceptors (Lipinski definition) is 3. The van der Waals surface area contributed by atoms with Gasteiger partial charge in [0.15, 0.2) is 0 Å². The van der Waals surface area contributed by atoms with Crippen LogP contribution in [-0.4, -0.2) is 40.8 Å². The fourth-order valence-corrected chi connectivity index (χ4v) is 2.25. The molecule has 2 heterocycles. The van der Waals surface area contributed by atoms with Crippen LogP contribution in [0.3, 0.4) is 0 Å². The zero-order valence-electron chi connectivity index (χ0n) is 11.4. The number of rotatable bonds is 3. The Hall–Kier alpha value is -1.98. The summed E-state index contributed by atoms with van der Waals surface area (Å²) in [6.07, 6.45) is 1.89. The second-order valence-electron chi connectivity index (χ2n) is 4.83. The first-order chi connectivity index (χ1) is 9.60. The SMILES string of the molecule is CCC(=O)NC1CCN(C(=O)c2cccc(F)n2)CC1. The van der Waals surface area contributed by atoms with Gasteiger partial charge in [-0.1, -0.05) is 13.0 Å². The normalized spacial score (nSPS) is 16.0. The lowest BCUT2D eigenvalue weighted by Crippen LogP contribution is -2.46. The van der Waals surface area contributed by atoms with E-state index in [0.717, 1.165) is 0 Å². The second-order valence-corrected chi connectivity index (χ2v) is 4.83. The lowest BCUT2D eigenvalue weighted by molar-refractivity contribution is -0.121. The van der Waals surface area contributed by atoms with E-state index in [1.165, 1.54) is 18.2 Å². The Kier molecular flexibility index (Phi) is 4.65. The Morgan fingerprint density at radius 1 is 1.40 bits per heavy atom. The van der Waals surface area contributed by atoms with Gasteiger partial charge in [-0.2, -0.15) is 4.39 Å². The number of likely N-dealkylation sites (tertiary alicyclic amines) is 1. The van der Waals surface area contributed by atoms with Gasteiger partial charge in [0.1, 0.15) is 5.69 Å². The molecule has 108 valence electrons.